The quantitative estimate of drug-likeness (QED) is 0.793. The molecule has 0 saturated carbocycles. The minimum atomic E-state index is -0.164. The van der Waals surface area contributed by atoms with E-state index >= 15 is 0 Å². The number of ether oxygens (including phenoxy) is 1. The van der Waals surface area contributed by atoms with Gasteiger partial charge in [-0.05, 0) is 43.2 Å². The van der Waals surface area contributed by atoms with Crippen LogP contribution < -0.4 is 5.73 Å². The lowest BCUT2D eigenvalue weighted by atomic mass is 9.75. The van der Waals surface area contributed by atoms with Crippen LogP contribution in [-0.2, 0) is 16.7 Å². The van der Waals surface area contributed by atoms with Gasteiger partial charge in [0.15, 0.2) is 0 Å². The van der Waals surface area contributed by atoms with Gasteiger partial charge in [-0.15, -0.1) is 0 Å². The first-order valence-electron chi connectivity index (χ1n) is 6.71. The van der Waals surface area contributed by atoms with Crippen molar-refractivity contribution in [2.24, 2.45) is 5.73 Å². The Morgan fingerprint density at radius 2 is 2.12 bits per heavy atom. The summed E-state index contributed by atoms with van der Waals surface area (Å²) in [5.74, 6) is 0. The molecule has 17 heavy (non-hydrogen) atoms. The molecule has 1 unspecified atom stereocenters. The van der Waals surface area contributed by atoms with E-state index in [0.717, 1.165) is 32.5 Å². The summed E-state index contributed by atoms with van der Waals surface area (Å²) in [4.78, 5) is 0. The Morgan fingerprint density at radius 1 is 1.29 bits per heavy atom. The Kier molecular flexibility index (Phi) is 4.19. The molecule has 0 fully saturated rings. The fraction of sp³-hybridized carbons (Fsp3) is 0.600. The molecule has 0 heterocycles. The zero-order valence-corrected chi connectivity index (χ0v) is 10.7. The van der Waals surface area contributed by atoms with Crippen LogP contribution in [-0.4, -0.2) is 13.2 Å². The zero-order valence-electron chi connectivity index (χ0n) is 10.7. The lowest BCUT2D eigenvalue weighted by Crippen LogP contribution is -2.41. The molecule has 0 radical (unpaired) electrons. The molecule has 2 rings (SSSR count). The molecule has 1 aliphatic carbocycles. The summed E-state index contributed by atoms with van der Waals surface area (Å²) in [7, 11) is 0. The summed E-state index contributed by atoms with van der Waals surface area (Å²) >= 11 is 0. The summed E-state index contributed by atoms with van der Waals surface area (Å²) in [6, 6.07) is 8.61. The van der Waals surface area contributed by atoms with E-state index < -0.39 is 0 Å². The highest BCUT2D eigenvalue weighted by atomic mass is 16.5. The van der Waals surface area contributed by atoms with Crippen LogP contribution in [0.3, 0.4) is 0 Å². The van der Waals surface area contributed by atoms with E-state index in [4.69, 9.17) is 10.5 Å². The van der Waals surface area contributed by atoms with Crippen LogP contribution in [0, 0.1) is 0 Å². The smallest absolute Gasteiger partial charge is 0.0486 e. The van der Waals surface area contributed by atoms with E-state index in [1.54, 1.807) is 0 Å². The molecule has 0 spiro atoms. The molecule has 0 aromatic heterocycles. The van der Waals surface area contributed by atoms with Crippen molar-refractivity contribution in [1.82, 2.24) is 0 Å². The average molecular weight is 233 g/mol. The van der Waals surface area contributed by atoms with Gasteiger partial charge in [-0.2, -0.15) is 0 Å². The van der Waals surface area contributed by atoms with Crippen LogP contribution in [0.1, 0.15) is 43.7 Å². The third-order valence-corrected chi connectivity index (χ3v) is 3.66. The number of hydrogen-bond acceptors (Lipinski definition) is 2. The largest absolute Gasteiger partial charge is 0.381 e. The number of nitrogens with two attached hydrogens (primary N) is 1. The van der Waals surface area contributed by atoms with Gasteiger partial charge in [0.2, 0.25) is 0 Å². The molecule has 94 valence electrons. The van der Waals surface area contributed by atoms with Gasteiger partial charge in [-0.3, -0.25) is 0 Å². The molecular weight excluding hydrogens is 210 g/mol. The molecule has 0 amide bonds. The summed E-state index contributed by atoms with van der Waals surface area (Å²) in [6.07, 6.45) is 5.46. The maximum Gasteiger partial charge on any atom is 0.0486 e. The standard InChI is InChI=1S/C15H23NO/c1-2-11-17-12-10-15(16)9-5-7-13-6-3-4-8-14(13)15/h3-4,6,8H,2,5,7,9-12,16H2,1H3. The average Bonchev–Trinajstić information content (AvgIpc) is 2.36. The normalized spacial score (nSPS) is 23.4. The number of benzene rings is 1. The van der Waals surface area contributed by atoms with E-state index in [1.165, 1.54) is 24.0 Å². The van der Waals surface area contributed by atoms with Crippen molar-refractivity contribution >= 4 is 0 Å². The van der Waals surface area contributed by atoms with Crippen LogP contribution in [0.15, 0.2) is 24.3 Å². The van der Waals surface area contributed by atoms with Crippen LogP contribution in [0.2, 0.25) is 0 Å². The highest BCUT2D eigenvalue weighted by Crippen LogP contribution is 2.35. The Labute approximate surface area is 104 Å². The van der Waals surface area contributed by atoms with Crippen LogP contribution >= 0.6 is 0 Å². The first-order valence-corrected chi connectivity index (χ1v) is 6.71. The SMILES string of the molecule is CCCOCCC1(N)CCCc2ccccc21. The zero-order chi connectivity index (χ0) is 12.1. The molecule has 1 aromatic rings. The monoisotopic (exact) mass is 233 g/mol. The molecule has 2 N–H and O–H groups in total. The van der Waals surface area contributed by atoms with Crippen molar-refractivity contribution in [3.05, 3.63) is 35.4 Å². The Morgan fingerprint density at radius 3 is 2.94 bits per heavy atom. The Bertz CT molecular complexity index is 364. The van der Waals surface area contributed by atoms with E-state index in [2.05, 4.69) is 31.2 Å². The van der Waals surface area contributed by atoms with E-state index in [9.17, 15) is 0 Å². The lowest BCUT2D eigenvalue weighted by Gasteiger charge is -2.35. The minimum Gasteiger partial charge on any atom is -0.381 e. The maximum atomic E-state index is 6.57. The van der Waals surface area contributed by atoms with Crippen LogP contribution in [0.25, 0.3) is 0 Å². The molecule has 0 saturated heterocycles. The number of rotatable bonds is 5. The second-order valence-corrected chi connectivity index (χ2v) is 5.03. The highest BCUT2D eigenvalue weighted by Gasteiger charge is 2.31. The molecule has 0 aliphatic heterocycles. The van der Waals surface area contributed by atoms with Crippen molar-refractivity contribution in [3.8, 4) is 0 Å². The summed E-state index contributed by atoms with van der Waals surface area (Å²) in [5.41, 5.74) is 9.18. The molecular formula is C15H23NO. The highest BCUT2D eigenvalue weighted by molar-refractivity contribution is 5.35. The molecule has 1 aromatic carbocycles. The predicted octanol–water partition coefficient (Wildman–Crippen LogP) is 2.99. The van der Waals surface area contributed by atoms with Gasteiger partial charge in [0, 0.05) is 18.8 Å². The minimum absolute atomic E-state index is 0.164. The van der Waals surface area contributed by atoms with Gasteiger partial charge in [-0.1, -0.05) is 31.2 Å². The van der Waals surface area contributed by atoms with Crippen molar-refractivity contribution in [1.29, 1.82) is 0 Å². The van der Waals surface area contributed by atoms with Gasteiger partial charge in [0.25, 0.3) is 0 Å². The van der Waals surface area contributed by atoms with Gasteiger partial charge in [0.1, 0.15) is 0 Å². The predicted molar refractivity (Wildman–Crippen MR) is 71.0 cm³/mol. The summed E-state index contributed by atoms with van der Waals surface area (Å²) in [6.45, 7) is 3.75. The van der Waals surface area contributed by atoms with Crippen molar-refractivity contribution < 1.29 is 4.74 Å². The maximum absolute atomic E-state index is 6.57. The number of fused-ring (bicyclic) bond motifs is 1. The first kappa shape index (κ1) is 12.6. The molecule has 1 aliphatic rings. The number of hydrogen-bond donors (Lipinski definition) is 1. The van der Waals surface area contributed by atoms with Crippen LogP contribution in [0.4, 0.5) is 0 Å². The number of aryl methyl sites for hydroxylation is 1. The van der Waals surface area contributed by atoms with Crippen molar-refractivity contribution in [2.75, 3.05) is 13.2 Å². The second-order valence-electron chi connectivity index (χ2n) is 5.03. The molecule has 2 heteroatoms. The molecule has 1 atom stereocenters. The fourth-order valence-electron chi connectivity index (χ4n) is 2.71. The van der Waals surface area contributed by atoms with Gasteiger partial charge in [-0.25, -0.2) is 0 Å². The van der Waals surface area contributed by atoms with E-state index in [1.807, 2.05) is 0 Å². The molecule has 0 bridgehead atoms. The fourth-order valence-corrected chi connectivity index (χ4v) is 2.71. The second kappa shape index (κ2) is 5.65. The van der Waals surface area contributed by atoms with E-state index in [-0.39, 0.29) is 5.54 Å². The van der Waals surface area contributed by atoms with Gasteiger partial charge >= 0.3 is 0 Å². The van der Waals surface area contributed by atoms with Crippen LogP contribution in [0.5, 0.6) is 0 Å². The lowest BCUT2D eigenvalue weighted by molar-refractivity contribution is 0.110. The topological polar surface area (TPSA) is 35.2 Å². The Balaban J connectivity index is 2.05. The summed E-state index contributed by atoms with van der Waals surface area (Å²) < 4.78 is 5.59. The van der Waals surface area contributed by atoms with Crippen molar-refractivity contribution in [2.45, 2.75) is 44.6 Å². The molecule has 2 nitrogen and oxygen atoms in total. The van der Waals surface area contributed by atoms with Gasteiger partial charge < -0.3 is 10.5 Å². The third-order valence-electron chi connectivity index (χ3n) is 3.66. The first-order chi connectivity index (χ1) is 8.26. The third kappa shape index (κ3) is 2.88. The van der Waals surface area contributed by atoms with Crippen molar-refractivity contribution in [3.63, 3.8) is 0 Å². The summed E-state index contributed by atoms with van der Waals surface area (Å²) in [5, 5.41) is 0. The Hall–Kier alpha value is -0.860. The van der Waals surface area contributed by atoms with E-state index in [0.29, 0.717) is 0 Å². The van der Waals surface area contributed by atoms with Gasteiger partial charge in [0.05, 0.1) is 0 Å².